The van der Waals surface area contributed by atoms with Gasteiger partial charge >= 0.3 is 12.7 Å². The Labute approximate surface area is 260 Å². The van der Waals surface area contributed by atoms with Gasteiger partial charge in [-0.15, -0.1) is 0 Å². The van der Waals surface area contributed by atoms with E-state index in [1.54, 1.807) is 6.07 Å². The Morgan fingerprint density at radius 2 is 2.02 bits per heavy atom. The molecule has 4 aromatic rings. The molecule has 1 aliphatic rings. The number of pyridine rings is 2. The third-order valence-corrected chi connectivity index (χ3v) is 7.80. The standard InChI is InChI=1S/C28H21ClF5N7O5/c1-26(24(36)43)11-46-22-15(26)6-19(39-21(22)13-4-16(29)17(7-35)37-8-13)27(44,28(32,33)34)10-38-23(42)12-3-14-9-41(25(30)31)40-20(14)18(5-12)45-2/h3-6,8-9,25,44H,10-11H2,1-2H3,(H2,36,43)(H,38,42)/t26-,27?/m0/s1. The Morgan fingerprint density at radius 3 is 2.61 bits per heavy atom. The van der Waals surface area contributed by atoms with Crippen molar-refractivity contribution in [3.8, 4) is 28.8 Å². The van der Waals surface area contributed by atoms with E-state index < -0.39 is 47.8 Å². The van der Waals surface area contributed by atoms with Gasteiger partial charge in [0, 0.05) is 34.5 Å². The summed E-state index contributed by atoms with van der Waals surface area (Å²) >= 11 is 6.10. The number of aliphatic hydroxyl groups is 1. The molecule has 0 fully saturated rings. The van der Waals surface area contributed by atoms with Gasteiger partial charge in [0.2, 0.25) is 11.5 Å². The molecule has 1 aliphatic heterocycles. The van der Waals surface area contributed by atoms with Gasteiger partial charge in [-0.3, -0.25) is 9.59 Å². The molecule has 18 heteroatoms. The smallest absolute Gasteiger partial charge is 0.424 e. The number of hydrogen-bond donors (Lipinski definition) is 3. The summed E-state index contributed by atoms with van der Waals surface area (Å²) in [7, 11) is 1.18. The molecule has 1 aromatic carbocycles. The second-order valence-corrected chi connectivity index (χ2v) is 10.8. The minimum atomic E-state index is -5.47. The van der Waals surface area contributed by atoms with Crippen LogP contribution in [0.3, 0.4) is 0 Å². The summed E-state index contributed by atoms with van der Waals surface area (Å²) in [6.07, 6.45) is -3.46. The number of aromatic nitrogens is 4. The third-order valence-electron chi connectivity index (χ3n) is 7.51. The van der Waals surface area contributed by atoms with Crippen molar-refractivity contribution in [1.29, 1.82) is 5.26 Å². The molecule has 0 saturated carbocycles. The summed E-state index contributed by atoms with van der Waals surface area (Å²) in [6, 6.07) is 5.93. The van der Waals surface area contributed by atoms with Crippen molar-refractivity contribution in [1.82, 2.24) is 25.1 Å². The van der Waals surface area contributed by atoms with Gasteiger partial charge in [0.05, 0.1) is 24.4 Å². The molecule has 2 atom stereocenters. The highest BCUT2D eigenvalue weighted by atomic mass is 35.5. The van der Waals surface area contributed by atoms with Crippen LogP contribution in [0.4, 0.5) is 22.0 Å². The van der Waals surface area contributed by atoms with Gasteiger partial charge in [0.1, 0.15) is 40.8 Å². The molecule has 0 aliphatic carbocycles. The van der Waals surface area contributed by atoms with E-state index in [1.807, 2.05) is 5.32 Å². The minimum Gasteiger partial charge on any atom is -0.494 e. The molecule has 4 N–H and O–H groups in total. The lowest BCUT2D eigenvalue weighted by Gasteiger charge is -2.31. The third kappa shape index (κ3) is 5.28. The number of alkyl halides is 5. The van der Waals surface area contributed by atoms with Gasteiger partial charge in [-0.2, -0.15) is 32.3 Å². The number of primary amides is 1. The van der Waals surface area contributed by atoms with Crippen LogP contribution >= 0.6 is 11.6 Å². The van der Waals surface area contributed by atoms with Gasteiger partial charge in [-0.05, 0) is 31.2 Å². The molecule has 1 unspecified atom stereocenters. The highest BCUT2D eigenvalue weighted by Gasteiger charge is 2.57. The van der Waals surface area contributed by atoms with Crippen molar-refractivity contribution >= 4 is 34.3 Å². The van der Waals surface area contributed by atoms with Gasteiger partial charge in [-0.25, -0.2) is 14.6 Å². The number of ether oxygens (including phenoxy) is 2. The monoisotopic (exact) mass is 665 g/mol. The Kier molecular flexibility index (Phi) is 7.99. The lowest BCUT2D eigenvalue weighted by molar-refractivity contribution is -0.265. The first-order valence-electron chi connectivity index (χ1n) is 13.0. The van der Waals surface area contributed by atoms with E-state index in [-0.39, 0.29) is 62.1 Å². The molecule has 240 valence electrons. The fourth-order valence-corrected chi connectivity index (χ4v) is 5.01. The number of nitrogens with zero attached hydrogens (tertiary/aromatic N) is 5. The maximum absolute atomic E-state index is 14.7. The second-order valence-electron chi connectivity index (χ2n) is 10.4. The fraction of sp³-hybridized carbons (Fsp3) is 0.286. The molecule has 0 bridgehead atoms. The maximum atomic E-state index is 14.7. The highest BCUT2D eigenvalue weighted by Crippen LogP contribution is 2.48. The number of methoxy groups -OCH3 is 1. The SMILES string of the molecule is COc1cc(C(=O)NCC(O)(c2cc3c(c(-c4cnc(C#N)c(Cl)c4)n2)OC[C@]3(C)C(N)=O)C(F)(F)F)cc2cn(C(F)F)nc12. The Bertz CT molecular complexity index is 1950. The summed E-state index contributed by atoms with van der Waals surface area (Å²) in [6.45, 7) is -3.55. The van der Waals surface area contributed by atoms with E-state index in [1.165, 1.54) is 20.1 Å². The molecule has 4 heterocycles. The quantitative estimate of drug-likeness (QED) is 0.237. The van der Waals surface area contributed by atoms with Crippen LogP contribution < -0.4 is 20.5 Å². The van der Waals surface area contributed by atoms with E-state index in [2.05, 4.69) is 15.1 Å². The molecule has 3 aromatic heterocycles. The van der Waals surface area contributed by atoms with E-state index in [0.717, 1.165) is 30.6 Å². The van der Waals surface area contributed by atoms with E-state index in [9.17, 15) is 41.9 Å². The lowest BCUT2D eigenvalue weighted by Crippen LogP contribution is -2.51. The average molecular weight is 666 g/mol. The number of carbonyl (C=O) groups excluding carboxylic acids is 2. The molecule has 2 amide bonds. The minimum absolute atomic E-state index is 0.0193. The van der Waals surface area contributed by atoms with Crippen LogP contribution in [0.15, 0.2) is 36.7 Å². The molecule has 0 spiro atoms. The topological polar surface area (TPSA) is 178 Å². The van der Waals surface area contributed by atoms with Crippen molar-refractivity contribution in [2.75, 3.05) is 20.3 Å². The first-order valence-corrected chi connectivity index (χ1v) is 13.4. The number of nitriles is 1. The molecule has 0 radical (unpaired) electrons. The number of nitrogens with two attached hydrogens (primary N) is 1. The van der Waals surface area contributed by atoms with Crippen LogP contribution in [-0.2, 0) is 15.8 Å². The molecular weight excluding hydrogens is 645 g/mol. The highest BCUT2D eigenvalue weighted by molar-refractivity contribution is 6.31. The first-order chi connectivity index (χ1) is 21.5. The first kappa shape index (κ1) is 32.3. The van der Waals surface area contributed by atoms with Crippen LogP contribution in [0.1, 0.15) is 40.8 Å². The van der Waals surface area contributed by atoms with Crippen molar-refractivity contribution in [3.05, 3.63) is 64.2 Å². The van der Waals surface area contributed by atoms with Crippen LogP contribution in [0.5, 0.6) is 11.5 Å². The zero-order chi connectivity index (χ0) is 33.8. The van der Waals surface area contributed by atoms with Gasteiger partial charge in [0.15, 0.2) is 5.69 Å². The number of carbonyl (C=O) groups is 2. The second kappa shape index (κ2) is 11.4. The normalized spacial score (nSPS) is 17.2. The van der Waals surface area contributed by atoms with Crippen LogP contribution in [0, 0.1) is 11.3 Å². The number of hydrogen-bond acceptors (Lipinski definition) is 9. The average Bonchev–Trinajstić information content (AvgIpc) is 3.60. The Morgan fingerprint density at radius 1 is 1.30 bits per heavy atom. The maximum Gasteiger partial charge on any atom is 0.424 e. The number of fused-ring (bicyclic) bond motifs is 2. The molecule has 46 heavy (non-hydrogen) atoms. The van der Waals surface area contributed by atoms with E-state index >= 15 is 0 Å². The molecule has 5 rings (SSSR count). The summed E-state index contributed by atoms with van der Waals surface area (Å²) in [5.74, 6) is -2.33. The van der Waals surface area contributed by atoms with Crippen molar-refractivity contribution in [2.45, 2.75) is 30.7 Å². The summed E-state index contributed by atoms with van der Waals surface area (Å²) in [4.78, 5) is 33.4. The lowest BCUT2D eigenvalue weighted by atomic mass is 9.82. The number of rotatable bonds is 8. The van der Waals surface area contributed by atoms with E-state index in [4.69, 9.17) is 26.8 Å². The molecule has 12 nitrogen and oxygen atoms in total. The van der Waals surface area contributed by atoms with Crippen LogP contribution in [0.25, 0.3) is 22.2 Å². The Balaban J connectivity index is 1.60. The predicted octanol–water partition coefficient (Wildman–Crippen LogP) is 3.74. The number of nitrogens with one attached hydrogen (secondary N) is 1. The fourth-order valence-electron chi connectivity index (χ4n) is 4.80. The van der Waals surface area contributed by atoms with Gasteiger partial charge in [0.25, 0.3) is 5.91 Å². The van der Waals surface area contributed by atoms with Gasteiger partial charge in [-0.1, -0.05) is 11.6 Å². The number of amides is 2. The largest absolute Gasteiger partial charge is 0.494 e. The van der Waals surface area contributed by atoms with Crippen molar-refractivity contribution in [3.63, 3.8) is 0 Å². The van der Waals surface area contributed by atoms with Crippen LogP contribution in [0.2, 0.25) is 5.02 Å². The van der Waals surface area contributed by atoms with Crippen molar-refractivity contribution < 1.29 is 46.1 Å². The van der Waals surface area contributed by atoms with Crippen molar-refractivity contribution in [2.24, 2.45) is 5.73 Å². The predicted molar refractivity (Wildman–Crippen MR) is 149 cm³/mol. The molecular formula is C28H21ClF5N7O5. The van der Waals surface area contributed by atoms with E-state index in [0.29, 0.717) is 4.68 Å². The zero-order valence-electron chi connectivity index (χ0n) is 23.6. The number of halogens is 6. The summed E-state index contributed by atoms with van der Waals surface area (Å²) in [5, 5.41) is 26.0. The summed E-state index contributed by atoms with van der Waals surface area (Å²) in [5.41, 5.74) is -1.97. The van der Waals surface area contributed by atoms with Crippen LogP contribution in [-0.4, -0.2) is 63.1 Å². The van der Waals surface area contributed by atoms with Gasteiger partial charge < -0.3 is 25.6 Å². The number of benzene rings is 1. The molecule has 0 saturated heterocycles. The Hall–Kier alpha value is -5.08. The summed E-state index contributed by atoms with van der Waals surface area (Å²) < 4.78 is 81.6. The zero-order valence-corrected chi connectivity index (χ0v) is 24.4.